The number of hydrogen-bond donors (Lipinski definition) is 2. The molecule has 0 aliphatic rings. The lowest BCUT2D eigenvalue weighted by Gasteiger charge is -2.11. The number of amides is 2. The number of benzene rings is 2. The van der Waals surface area contributed by atoms with Crippen molar-refractivity contribution in [2.45, 2.75) is 13.8 Å². The van der Waals surface area contributed by atoms with Crippen molar-refractivity contribution in [2.24, 2.45) is 0 Å². The Hall–Kier alpha value is -2.62. The Morgan fingerprint density at radius 1 is 0.950 bits per heavy atom. The standard InChI is InChI=1S/C16H16N2O2/c1-11-8-9-13(12(2)19)10-15(11)18-16(20)17-14-6-4-3-5-7-14/h3-10H,1-2H3,(H2,17,18,20). The molecule has 0 aliphatic carbocycles. The Balaban J connectivity index is 2.11. The molecule has 102 valence electrons. The van der Waals surface area contributed by atoms with Gasteiger partial charge in [0.1, 0.15) is 0 Å². The number of carbonyl (C=O) groups excluding carboxylic acids is 2. The van der Waals surface area contributed by atoms with E-state index in [1.165, 1.54) is 6.92 Å². The van der Waals surface area contributed by atoms with E-state index in [0.717, 1.165) is 5.56 Å². The summed E-state index contributed by atoms with van der Waals surface area (Å²) in [5.41, 5.74) is 2.82. The third-order valence-electron chi connectivity index (χ3n) is 2.92. The van der Waals surface area contributed by atoms with Crippen molar-refractivity contribution in [3.05, 3.63) is 59.7 Å². The zero-order chi connectivity index (χ0) is 14.5. The van der Waals surface area contributed by atoms with E-state index in [2.05, 4.69) is 10.6 Å². The largest absolute Gasteiger partial charge is 0.323 e. The molecule has 0 unspecified atom stereocenters. The molecule has 0 saturated heterocycles. The Labute approximate surface area is 117 Å². The second-order valence-corrected chi connectivity index (χ2v) is 4.53. The molecule has 4 nitrogen and oxygen atoms in total. The number of para-hydroxylation sites is 1. The van der Waals surface area contributed by atoms with E-state index in [0.29, 0.717) is 16.9 Å². The maximum Gasteiger partial charge on any atom is 0.323 e. The molecule has 2 rings (SSSR count). The summed E-state index contributed by atoms with van der Waals surface area (Å²) < 4.78 is 0. The zero-order valence-corrected chi connectivity index (χ0v) is 11.4. The van der Waals surface area contributed by atoms with Crippen LogP contribution in [0.25, 0.3) is 0 Å². The molecule has 0 fully saturated rings. The van der Waals surface area contributed by atoms with E-state index in [4.69, 9.17) is 0 Å². The molecule has 4 heteroatoms. The van der Waals surface area contributed by atoms with Gasteiger partial charge in [0, 0.05) is 16.9 Å². The number of rotatable bonds is 3. The zero-order valence-electron chi connectivity index (χ0n) is 11.4. The third kappa shape index (κ3) is 3.45. The minimum Gasteiger partial charge on any atom is -0.308 e. The summed E-state index contributed by atoms with van der Waals surface area (Å²) in [4.78, 5) is 23.3. The van der Waals surface area contributed by atoms with Gasteiger partial charge in [-0.2, -0.15) is 0 Å². The molecule has 0 aromatic heterocycles. The normalized spacial score (nSPS) is 9.90. The molecular formula is C16H16N2O2. The molecule has 20 heavy (non-hydrogen) atoms. The van der Waals surface area contributed by atoms with E-state index >= 15 is 0 Å². The van der Waals surface area contributed by atoms with E-state index < -0.39 is 0 Å². The molecule has 0 aliphatic heterocycles. The van der Waals surface area contributed by atoms with Crippen molar-refractivity contribution in [1.82, 2.24) is 0 Å². The van der Waals surface area contributed by atoms with E-state index in [1.54, 1.807) is 24.3 Å². The topological polar surface area (TPSA) is 58.2 Å². The fourth-order valence-electron chi connectivity index (χ4n) is 1.78. The summed E-state index contributed by atoms with van der Waals surface area (Å²) in [6, 6.07) is 14.1. The number of urea groups is 1. The number of aryl methyl sites for hydroxylation is 1. The van der Waals surface area contributed by atoms with Crippen molar-refractivity contribution < 1.29 is 9.59 Å². The first-order chi connectivity index (χ1) is 9.56. The first-order valence-electron chi connectivity index (χ1n) is 6.31. The molecule has 0 spiro atoms. The Bertz CT molecular complexity index is 636. The van der Waals surface area contributed by atoms with E-state index in [1.807, 2.05) is 31.2 Å². The fraction of sp³-hybridized carbons (Fsp3) is 0.125. The summed E-state index contributed by atoms with van der Waals surface area (Å²) in [7, 11) is 0. The van der Waals surface area contributed by atoms with Crippen LogP contribution in [0.2, 0.25) is 0 Å². The highest BCUT2D eigenvalue weighted by Crippen LogP contribution is 2.18. The summed E-state index contributed by atoms with van der Waals surface area (Å²) in [5.74, 6) is -0.0310. The molecule has 0 bridgehead atoms. The number of carbonyl (C=O) groups is 2. The van der Waals surface area contributed by atoms with Crippen LogP contribution >= 0.6 is 0 Å². The van der Waals surface area contributed by atoms with Crippen molar-refractivity contribution in [3.63, 3.8) is 0 Å². The van der Waals surface area contributed by atoms with Crippen molar-refractivity contribution in [2.75, 3.05) is 10.6 Å². The van der Waals surface area contributed by atoms with Gasteiger partial charge < -0.3 is 10.6 Å². The minimum absolute atomic E-state index is 0.0310. The maximum absolute atomic E-state index is 11.9. The van der Waals surface area contributed by atoms with E-state index in [-0.39, 0.29) is 11.8 Å². The SMILES string of the molecule is CC(=O)c1ccc(C)c(NC(=O)Nc2ccccc2)c1. The predicted molar refractivity (Wildman–Crippen MR) is 80.3 cm³/mol. The van der Waals surface area contributed by atoms with Crippen LogP contribution in [0.3, 0.4) is 0 Å². The van der Waals surface area contributed by atoms with Crippen LogP contribution in [-0.2, 0) is 0 Å². The van der Waals surface area contributed by atoms with Gasteiger partial charge in [0.25, 0.3) is 0 Å². The average Bonchev–Trinajstić information content (AvgIpc) is 2.42. The van der Waals surface area contributed by atoms with Crippen LogP contribution in [0.4, 0.5) is 16.2 Å². The number of hydrogen-bond acceptors (Lipinski definition) is 2. The molecule has 0 atom stereocenters. The maximum atomic E-state index is 11.9. The highest BCUT2D eigenvalue weighted by molar-refractivity contribution is 6.01. The van der Waals surface area contributed by atoms with Crippen molar-refractivity contribution >= 4 is 23.2 Å². The van der Waals surface area contributed by atoms with Crippen LogP contribution in [0.15, 0.2) is 48.5 Å². The van der Waals surface area contributed by atoms with Gasteiger partial charge in [0.2, 0.25) is 0 Å². The Morgan fingerprint density at radius 2 is 1.65 bits per heavy atom. The average molecular weight is 268 g/mol. The van der Waals surface area contributed by atoms with Gasteiger partial charge in [-0.1, -0.05) is 30.3 Å². The monoisotopic (exact) mass is 268 g/mol. The van der Waals surface area contributed by atoms with Crippen LogP contribution in [0.1, 0.15) is 22.8 Å². The van der Waals surface area contributed by atoms with Gasteiger partial charge in [-0.25, -0.2) is 4.79 Å². The molecule has 0 saturated carbocycles. The fourth-order valence-corrected chi connectivity index (χ4v) is 1.78. The van der Waals surface area contributed by atoms with Crippen LogP contribution in [0, 0.1) is 6.92 Å². The number of ketones is 1. The smallest absolute Gasteiger partial charge is 0.308 e. The highest BCUT2D eigenvalue weighted by atomic mass is 16.2. The lowest BCUT2D eigenvalue weighted by molar-refractivity contribution is 0.101. The second-order valence-electron chi connectivity index (χ2n) is 4.53. The number of anilines is 2. The predicted octanol–water partition coefficient (Wildman–Crippen LogP) is 3.84. The lowest BCUT2D eigenvalue weighted by atomic mass is 10.1. The van der Waals surface area contributed by atoms with Gasteiger partial charge in [-0.15, -0.1) is 0 Å². The first kappa shape index (κ1) is 13.8. The van der Waals surface area contributed by atoms with Gasteiger partial charge >= 0.3 is 6.03 Å². The third-order valence-corrected chi connectivity index (χ3v) is 2.92. The van der Waals surface area contributed by atoms with Gasteiger partial charge in [-0.3, -0.25) is 4.79 Å². The van der Waals surface area contributed by atoms with Crippen LogP contribution in [-0.4, -0.2) is 11.8 Å². The van der Waals surface area contributed by atoms with Gasteiger partial charge in [-0.05, 0) is 37.6 Å². The molecule has 2 aromatic carbocycles. The highest BCUT2D eigenvalue weighted by Gasteiger charge is 2.07. The molecule has 2 N–H and O–H groups in total. The first-order valence-corrected chi connectivity index (χ1v) is 6.31. The molecule has 2 aromatic rings. The molecular weight excluding hydrogens is 252 g/mol. The lowest BCUT2D eigenvalue weighted by Crippen LogP contribution is -2.20. The molecule has 0 heterocycles. The van der Waals surface area contributed by atoms with Gasteiger partial charge in [0.05, 0.1) is 0 Å². The second kappa shape index (κ2) is 6.02. The molecule has 0 radical (unpaired) electrons. The Kier molecular flexibility index (Phi) is 4.15. The van der Waals surface area contributed by atoms with E-state index in [9.17, 15) is 9.59 Å². The minimum atomic E-state index is -0.333. The number of Topliss-reactive ketones (excluding diaryl/α,β-unsaturated/α-hetero) is 1. The van der Waals surface area contributed by atoms with Crippen LogP contribution < -0.4 is 10.6 Å². The quantitative estimate of drug-likeness (QED) is 0.831. The summed E-state index contributed by atoms with van der Waals surface area (Å²) in [6.07, 6.45) is 0. The Morgan fingerprint density at radius 3 is 2.30 bits per heavy atom. The summed E-state index contributed by atoms with van der Waals surface area (Å²) >= 11 is 0. The summed E-state index contributed by atoms with van der Waals surface area (Å²) in [6.45, 7) is 3.38. The van der Waals surface area contributed by atoms with Crippen molar-refractivity contribution in [1.29, 1.82) is 0 Å². The van der Waals surface area contributed by atoms with Gasteiger partial charge in [0.15, 0.2) is 5.78 Å². The number of nitrogens with one attached hydrogen (secondary N) is 2. The summed E-state index contributed by atoms with van der Waals surface area (Å²) in [5, 5.41) is 5.48. The molecule has 2 amide bonds. The van der Waals surface area contributed by atoms with Crippen LogP contribution in [0.5, 0.6) is 0 Å². The van der Waals surface area contributed by atoms with Crippen molar-refractivity contribution in [3.8, 4) is 0 Å².